The molecule has 0 bridgehead atoms. The number of hydrogen-bond donors (Lipinski definition) is 4. The maximum atomic E-state index is 12.7. The van der Waals surface area contributed by atoms with E-state index in [1.165, 1.54) is 25.1 Å². The van der Waals surface area contributed by atoms with Gasteiger partial charge in [0.1, 0.15) is 11.8 Å². The second-order valence-electron chi connectivity index (χ2n) is 8.32. The fourth-order valence-corrected chi connectivity index (χ4v) is 5.57. The number of rotatable bonds is 10. The molecule has 1 aromatic carbocycles. The third-order valence-electron chi connectivity index (χ3n) is 5.67. The lowest BCUT2D eigenvalue weighted by molar-refractivity contribution is -0.152. The standard InChI is InChI=1S/C21H30N6O7S/c1-13-20(26(2)12-33-13)35(31,32)25-17(21(29)30)11-23-19(28)9-16-8-18(27(3)34-16)15-6-4-14(5-7-15)10-24-22/h4-7,10,16-18,25H,8-9,11-12,22H2,1-3H3,(H,23,28)(H,29,30)/t16-,17-,18+/m0/s1. The summed E-state index contributed by atoms with van der Waals surface area (Å²) in [7, 11) is -0.890. The van der Waals surface area contributed by atoms with Gasteiger partial charge in [0.15, 0.2) is 11.8 Å². The van der Waals surface area contributed by atoms with Crippen molar-refractivity contribution in [3.05, 3.63) is 46.2 Å². The van der Waals surface area contributed by atoms with Crippen molar-refractivity contribution in [3.8, 4) is 0 Å². The Morgan fingerprint density at radius 1 is 1.31 bits per heavy atom. The van der Waals surface area contributed by atoms with Crippen molar-refractivity contribution < 1.29 is 32.7 Å². The molecule has 1 saturated heterocycles. The maximum absolute atomic E-state index is 12.7. The molecule has 1 aromatic rings. The molecule has 0 aromatic heterocycles. The Balaban J connectivity index is 1.54. The highest BCUT2D eigenvalue weighted by Crippen LogP contribution is 2.34. The van der Waals surface area contributed by atoms with Crippen molar-refractivity contribution in [2.45, 2.75) is 38.0 Å². The summed E-state index contributed by atoms with van der Waals surface area (Å²) in [6.45, 7) is 1.09. The molecule has 0 aliphatic carbocycles. The van der Waals surface area contributed by atoms with Gasteiger partial charge in [-0.05, 0) is 24.5 Å². The highest BCUT2D eigenvalue weighted by molar-refractivity contribution is 7.93. The number of aliphatic carboxylic acids is 1. The summed E-state index contributed by atoms with van der Waals surface area (Å²) in [5.41, 5.74) is 1.85. The summed E-state index contributed by atoms with van der Waals surface area (Å²) in [6.07, 6.45) is 1.64. The van der Waals surface area contributed by atoms with E-state index < -0.39 is 40.6 Å². The molecule has 0 saturated carbocycles. The molecule has 2 aliphatic heterocycles. The quantitative estimate of drug-likeness (QED) is 0.185. The molecule has 0 unspecified atom stereocenters. The lowest BCUT2D eigenvalue weighted by Gasteiger charge is -2.19. The van der Waals surface area contributed by atoms with Gasteiger partial charge in [-0.15, -0.1) is 0 Å². The second-order valence-corrected chi connectivity index (χ2v) is 9.95. The first kappa shape index (κ1) is 26.4. The number of nitrogens with one attached hydrogen (secondary N) is 2. The number of carbonyl (C=O) groups excluding carboxylic acids is 1. The molecule has 3 rings (SSSR count). The van der Waals surface area contributed by atoms with E-state index in [2.05, 4.69) is 15.1 Å². The third-order valence-corrected chi connectivity index (χ3v) is 7.38. The number of carboxylic acid groups (broad SMARTS) is 1. The summed E-state index contributed by atoms with van der Waals surface area (Å²) < 4.78 is 32.6. The van der Waals surface area contributed by atoms with Gasteiger partial charge in [-0.2, -0.15) is 14.9 Å². The summed E-state index contributed by atoms with van der Waals surface area (Å²) in [6, 6.07) is 5.97. The molecule has 1 amide bonds. The number of benzene rings is 1. The zero-order valence-electron chi connectivity index (χ0n) is 19.7. The zero-order valence-corrected chi connectivity index (χ0v) is 20.5. The fourth-order valence-electron chi connectivity index (χ4n) is 4.00. The van der Waals surface area contributed by atoms with Crippen molar-refractivity contribution in [3.63, 3.8) is 0 Å². The van der Waals surface area contributed by atoms with Gasteiger partial charge >= 0.3 is 5.97 Å². The van der Waals surface area contributed by atoms with Gasteiger partial charge in [-0.1, -0.05) is 24.3 Å². The van der Waals surface area contributed by atoms with E-state index in [9.17, 15) is 23.1 Å². The van der Waals surface area contributed by atoms with Gasteiger partial charge in [-0.3, -0.25) is 14.4 Å². The predicted octanol–water partition coefficient (Wildman–Crippen LogP) is -0.357. The van der Waals surface area contributed by atoms with Crippen LogP contribution in [0.3, 0.4) is 0 Å². The first-order valence-corrected chi connectivity index (χ1v) is 12.3. The van der Waals surface area contributed by atoms with Crippen LogP contribution in [0.1, 0.15) is 36.9 Å². The van der Waals surface area contributed by atoms with Crippen molar-refractivity contribution in [2.24, 2.45) is 10.9 Å². The molecule has 0 spiro atoms. The van der Waals surface area contributed by atoms with Gasteiger partial charge in [0, 0.05) is 20.6 Å². The number of carbonyl (C=O) groups is 2. The van der Waals surface area contributed by atoms with Crippen molar-refractivity contribution in [1.82, 2.24) is 20.0 Å². The van der Waals surface area contributed by atoms with Crippen LogP contribution in [-0.4, -0.2) is 81.1 Å². The Morgan fingerprint density at radius 2 is 2.00 bits per heavy atom. The lowest BCUT2D eigenvalue weighted by Crippen LogP contribution is -2.49. The number of hydrogen-bond acceptors (Lipinski definition) is 10. The summed E-state index contributed by atoms with van der Waals surface area (Å²) in [5, 5.41) is 17.0. The minimum atomic E-state index is -4.17. The number of nitrogens with two attached hydrogens (primary N) is 1. The number of hydroxylamine groups is 2. The van der Waals surface area contributed by atoms with Gasteiger partial charge < -0.3 is 25.9 Å². The molecular weight excluding hydrogens is 480 g/mol. The van der Waals surface area contributed by atoms with E-state index in [4.69, 9.17) is 15.4 Å². The third kappa shape index (κ3) is 6.48. The Bertz CT molecular complexity index is 1110. The van der Waals surface area contributed by atoms with Crippen molar-refractivity contribution >= 4 is 28.1 Å². The summed E-state index contributed by atoms with van der Waals surface area (Å²) in [5.74, 6) is 3.44. The Kier molecular flexibility index (Phi) is 8.32. The molecule has 13 nitrogen and oxygen atoms in total. The van der Waals surface area contributed by atoms with Gasteiger partial charge in [0.25, 0.3) is 10.0 Å². The van der Waals surface area contributed by atoms with Crippen LogP contribution in [0.4, 0.5) is 0 Å². The number of amides is 1. The van der Waals surface area contributed by atoms with Crippen LogP contribution >= 0.6 is 0 Å². The molecule has 2 aliphatic rings. The maximum Gasteiger partial charge on any atom is 0.323 e. The van der Waals surface area contributed by atoms with E-state index in [0.717, 1.165) is 11.1 Å². The van der Waals surface area contributed by atoms with Gasteiger partial charge in [0.05, 0.1) is 24.8 Å². The largest absolute Gasteiger partial charge is 0.480 e. The van der Waals surface area contributed by atoms with Gasteiger partial charge in [-0.25, -0.2) is 8.42 Å². The molecule has 1 fully saturated rings. The van der Waals surface area contributed by atoms with Crippen molar-refractivity contribution in [2.75, 3.05) is 27.4 Å². The average Bonchev–Trinajstić information content (AvgIpc) is 3.32. The van der Waals surface area contributed by atoms with E-state index in [0.29, 0.717) is 6.42 Å². The van der Waals surface area contributed by atoms with Crippen LogP contribution in [0.25, 0.3) is 0 Å². The predicted molar refractivity (Wildman–Crippen MR) is 126 cm³/mol. The molecule has 14 heteroatoms. The fraction of sp³-hybridized carbons (Fsp3) is 0.476. The first-order valence-electron chi connectivity index (χ1n) is 10.8. The molecule has 2 heterocycles. The summed E-state index contributed by atoms with van der Waals surface area (Å²) in [4.78, 5) is 31.2. The lowest BCUT2D eigenvalue weighted by atomic mass is 9.99. The van der Waals surface area contributed by atoms with Gasteiger partial charge in [0.2, 0.25) is 5.91 Å². The topological polar surface area (TPSA) is 176 Å². The average molecular weight is 511 g/mol. The number of ether oxygens (including phenoxy) is 1. The van der Waals surface area contributed by atoms with Crippen LogP contribution in [0.5, 0.6) is 0 Å². The number of carboxylic acids is 1. The zero-order chi connectivity index (χ0) is 25.8. The summed E-state index contributed by atoms with van der Waals surface area (Å²) >= 11 is 0. The first-order chi connectivity index (χ1) is 16.5. The Morgan fingerprint density at radius 3 is 2.57 bits per heavy atom. The van der Waals surface area contributed by atoms with E-state index in [1.807, 2.05) is 24.3 Å². The van der Waals surface area contributed by atoms with Crippen LogP contribution in [-0.2, 0) is 29.2 Å². The van der Waals surface area contributed by atoms with Crippen molar-refractivity contribution in [1.29, 1.82) is 0 Å². The van der Waals surface area contributed by atoms with Crippen LogP contribution in [0.2, 0.25) is 0 Å². The number of nitrogens with zero attached hydrogens (tertiary/aromatic N) is 3. The molecule has 5 N–H and O–H groups in total. The van der Waals surface area contributed by atoms with Crippen LogP contribution in [0.15, 0.2) is 40.2 Å². The smallest absolute Gasteiger partial charge is 0.323 e. The second kappa shape index (κ2) is 11.0. The monoisotopic (exact) mass is 510 g/mol. The van der Waals surface area contributed by atoms with E-state index in [-0.39, 0.29) is 30.0 Å². The molecule has 3 atom stereocenters. The van der Waals surface area contributed by atoms with Crippen LogP contribution in [0, 0.1) is 0 Å². The number of hydrazone groups is 1. The number of allylic oxidation sites excluding steroid dienone is 1. The normalized spacial score (nSPS) is 22.0. The van der Waals surface area contributed by atoms with E-state index in [1.54, 1.807) is 12.1 Å². The molecule has 192 valence electrons. The highest BCUT2D eigenvalue weighted by atomic mass is 32.2. The molecule has 0 radical (unpaired) electrons. The van der Waals surface area contributed by atoms with E-state index >= 15 is 0 Å². The minimum Gasteiger partial charge on any atom is -0.480 e. The minimum absolute atomic E-state index is 0.0152. The Labute approximate surface area is 203 Å². The number of sulfonamides is 1. The Hall–Kier alpha value is -3.20. The SMILES string of the molecule is CC1=C(S(=O)(=O)N[C@@H](CNC(=O)C[C@@H]2C[C@H](c3ccc(C=NN)cc3)N(C)O2)C(=O)O)N(C)CO1. The molecule has 35 heavy (non-hydrogen) atoms. The van der Waals surface area contributed by atoms with Crippen LogP contribution < -0.4 is 15.9 Å². The highest BCUT2D eigenvalue weighted by Gasteiger charge is 2.35. The molecular formula is C21H30N6O7S.